The molecule has 2 aromatic rings. The van der Waals surface area contributed by atoms with E-state index < -0.39 is 21.6 Å². The van der Waals surface area contributed by atoms with Crippen LogP contribution in [0.2, 0.25) is 0 Å². The molecule has 1 fully saturated rings. The Balaban J connectivity index is 1.80. The lowest BCUT2D eigenvalue weighted by Crippen LogP contribution is -2.37. The number of carbonyl (C=O) groups is 1. The maximum Gasteiger partial charge on any atom is 0.416 e. The van der Waals surface area contributed by atoms with Crippen molar-refractivity contribution in [1.82, 2.24) is 15.0 Å². The number of piperidine rings is 1. The summed E-state index contributed by atoms with van der Waals surface area (Å²) in [4.78, 5) is 16.9. The Morgan fingerprint density at radius 3 is 2.43 bits per heavy atom. The molecule has 11 heteroatoms. The van der Waals surface area contributed by atoms with Crippen molar-refractivity contribution in [2.75, 3.05) is 19.3 Å². The largest absolute Gasteiger partial charge is 0.416 e. The molecular weight excluding hydrogens is 399 g/mol. The van der Waals surface area contributed by atoms with Crippen molar-refractivity contribution in [3.8, 4) is 0 Å². The number of alkyl halides is 3. The van der Waals surface area contributed by atoms with Crippen LogP contribution in [0.25, 0.3) is 0 Å². The maximum atomic E-state index is 12.8. The topological polar surface area (TPSA) is 93.4 Å². The molecule has 2 unspecified atom stereocenters. The van der Waals surface area contributed by atoms with Crippen LogP contribution in [0, 0.1) is 0 Å². The van der Waals surface area contributed by atoms with Gasteiger partial charge in [0.15, 0.2) is 15.7 Å². The summed E-state index contributed by atoms with van der Waals surface area (Å²) >= 11 is 0. The zero-order valence-corrected chi connectivity index (χ0v) is 15.7. The van der Waals surface area contributed by atoms with Crippen molar-refractivity contribution in [1.29, 1.82) is 0 Å². The summed E-state index contributed by atoms with van der Waals surface area (Å²) in [5.41, 5.74) is -0.0707. The number of rotatable bonds is 5. The van der Waals surface area contributed by atoms with Crippen molar-refractivity contribution in [3.63, 3.8) is 0 Å². The van der Waals surface area contributed by atoms with Gasteiger partial charge in [-0.05, 0) is 24.1 Å². The first-order chi connectivity index (χ1) is 13.0. The van der Waals surface area contributed by atoms with Crippen molar-refractivity contribution in [3.05, 3.63) is 47.1 Å². The summed E-state index contributed by atoms with van der Waals surface area (Å²) in [6, 6.07) is 4.84. The molecule has 1 aromatic carbocycles. The maximum absolute atomic E-state index is 12.8. The Morgan fingerprint density at radius 1 is 1.21 bits per heavy atom. The van der Waals surface area contributed by atoms with Gasteiger partial charge in [0.25, 0.3) is 0 Å². The van der Waals surface area contributed by atoms with E-state index in [9.17, 15) is 26.4 Å². The van der Waals surface area contributed by atoms with Gasteiger partial charge in [-0.1, -0.05) is 17.3 Å². The second-order valence-corrected chi connectivity index (χ2v) is 9.07. The zero-order chi connectivity index (χ0) is 20.5. The van der Waals surface area contributed by atoms with E-state index in [-0.39, 0.29) is 29.3 Å². The minimum absolute atomic E-state index is 0.0341. The summed E-state index contributed by atoms with van der Waals surface area (Å²) < 4.78 is 66.2. The number of sulfone groups is 1. The first-order valence-corrected chi connectivity index (χ1v) is 10.5. The highest BCUT2D eigenvalue weighted by atomic mass is 32.2. The smallest absolute Gasteiger partial charge is 0.344 e. The number of amides is 1. The number of benzene rings is 1. The standard InChI is InChI=1S/C17H18F3N3O4S/c1-28(25,26)9-15-21-16(27-22-15)13-6-12(7-23(8-13)10-24)11-2-4-14(5-3-11)17(18,19)20/h2-5,10,12-13H,6-9H2,1H3. The summed E-state index contributed by atoms with van der Waals surface area (Å²) in [5, 5.41) is 3.67. The van der Waals surface area contributed by atoms with Gasteiger partial charge in [-0.2, -0.15) is 18.2 Å². The molecule has 1 aromatic heterocycles. The van der Waals surface area contributed by atoms with Gasteiger partial charge in [0.05, 0.1) is 11.5 Å². The summed E-state index contributed by atoms with van der Waals surface area (Å²) in [7, 11) is -3.32. The van der Waals surface area contributed by atoms with Gasteiger partial charge in [-0.15, -0.1) is 0 Å². The Kier molecular flexibility index (Phi) is 5.46. The van der Waals surface area contributed by atoms with Crippen LogP contribution in [-0.2, 0) is 26.6 Å². The molecule has 0 N–H and O–H groups in total. The average Bonchev–Trinajstić information content (AvgIpc) is 3.07. The fraction of sp³-hybridized carbons (Fsp3) is 0.471. The van der Waals surface area contributed by atoms with E-state index in [4.69, 9.17) is 4.52 Å². The number of hydrogen-bond acceptors (Lipinski definition) is 6. The normalized spacial score (nSPS) is 20.9. The van der Waals surface area contributed by atoms with Crippen LogP contribution in [0.5, 0.6) is 0 Å². The Morgan fingerprint density at radius 2 is 1.86 bits per heavy atom. The third kappa shape index (κ3) is 4.89. The lowest BCUT2D eigenvalue weighted by atomic mass is 9.84. The molecule has 0 bridgehead atoms. The molecular formula is C17H18F3N3O4S. The van der Waals surface area contributed by atoms with E-state index in [2.05, 4.69) is 10.1 Å². The first-order valence-electron chi connectivity index (χ1n) is 8.42. The number of aromatic nitrogens is 2. The van der Waals surface area contributed by atoms with Crippen LogP contribution < -0.4 is 0 Å². The molecule has 3 rings (SSSR count). The lowest BCUT2D eigenvalue weighted by molar-refractivity contribution is -0.137. The van der Waals surface area contributed by atoms with Gasteiger partial charge in [0.1, 0.15) is 5.75 Å². The average molecular weight is 417 g/mol. The number of nitrogens with zero attached hydrogens (tertiary/aromatic N) is 3. The van der Waals surface area contributed by atoms with Gasteiger partial charge in [0.2, 0.25) is 12.3 Å². The number of likely N-dealkylation sites (tertiary alicyclic amines) is 1. The molecule has 1 aliphatic heterocycles. The molecule has 0 aliphatic carbocycles. The molecule has 2 atom stereocenters. The summed E-state index contributed by atoms with van der Waals surface area (Å²) in [6.45, 7) is 0.664. The summed E-state index contributed by atoms with van der Waals surface area (Å²) in [5.74, 6) is -0.666. The van der Waals surface area contributed by atoms with Gasteiger partial charge >= 0.3 is 6.18 Å². The fourth-order valence-electron chi connectivity index (χ4n) is 3.31. The Bertz CT molecular complexity index is 941. The third-order valence-corrected chi connectivity index (χ3v) is 5.34. The highest BCUT2D eigenvalue weighted by Gasteiger charge is 2.34. The van der Waals surface area contributed by atoms with Gasteiger partial charge in [-0.25, -0.2) is 8.42 Å². The quantitative estimate of drug-likeness (QED) is 0.694. The monoisotopic (exact) mass is 417 g/mol. The second-order valence-electron chi connectivity index (χ2n) is 6.93. The summed E-state index contributed by atoms with van der Waals surface area (Å²) in [6.07, 6.45) is -2.21. The molecule has 28 heavy (non-hydrogen) atoms. The van der Waals surface area contributed by atoms with Crippen molar-refractivity contribution in [2.45, 2.75) is 30.2 Å². The van der Waals surface area contributed by atoms with E-state index in [1.165, 1.54) is 17.0 Å². The highest BCUT2D eigenvalue weighted by Crippen LogP contribution is 2.36. The molecule has 0 radical (unpaired) electrons. The van der Waals surface area contributed by atoms with E-state index in [1.807, 2.05) is 0 Å². The molecule has 1 amide bonds. The predicted octanol–water partition coefficient (Wildman–Crippen LogP) is 2.36. The van der Waals surface area contributed by atoms with E-state index >= 15 is 0 Å². The van der Waals surface area contributed by atoms with E-state index in [1.54, 1.807) is 0 Å². The van der Waals surface area contributed by atoms with Gasteiger partial charge < -0.3 is 9.42 Å². The fourth-order valence-corrected chi connectivity index (χ4v) is 3.90. The van der Waals surface area contributed by atoms with Crippen LogP contribution in [0.3, 0.4) is 0 Å². The Labute approximate surface area is 159 Å². The third-order valence-electron chi connectivity index (χ3n) is 4.56. The molecule has 7 nitrogen and oxygen atoms in total. The molecule has 0 saturated carbocycles. The minimum atomic E-state index is -4.41. The van der Waals surface area contributed by atoms with Crippen LogP contribution in [0.4, 0.5) is 13.2 Å². The van der Waals surface area contributed by atoms with E-state index in [0.29, 0.717) is 31.5 Å². The minimum Gasteiger partial charge on any atom is -0.344 e. The van der Waals surface area contributed by atoms with Crippen molar-refractivity contribution >= 4 is 16.2 Å². The first kappa shape index (κ1) is 20.3. The highest BCUT2D eigenvalue weighted by molar-refractivity contribution is 7.89. The van der Waals surface area contributed by atoms with Gasteiger partial charge in [-0.3, -0.25) is 4.79 Å². The van der Waals surface area contributed by atoms with Crippen molar-refractivity contribution in [2.24, 2.45) is 0 Å². The van der Waals surface area contributed by atoms with Crippen molar-refractivity contribution < 1.29 is 30.9 Å². The molecule has 152 valence electrons. The van der Waals surface area contributed by atoms with Crippen LogP contribution in [0.15, 0.2) is 28.8 Å². The molecule has 1 saturated heterocycles. The van der Waals surface area contributed by atoms with Crippen LogP contribution >= 0.6 is 0 Å². The van der Waals surface area contributed by atoms with Crippen LogP contribution in [0.1, 0.15) is 41.1 Å². The van der Waals surface area contributed by atoms with Crippen LogP contribution in [-0.4, -0.2) is 49.2 Å². The number of hydrogen-bond donors (Lipinski definition) is 0. The SMILES string of the molecule is CS(=O)(=O)Cc1noc(C2CC(c3ccc(C(F)(F)F)cc3)CN(C=O)C2)n1. The second kappa shape index (κ2) is 7.53. The Hall–Kier alpha value is -2.43. The predicted molar refractivity (Wildman–Crippen MR) is 92.0 cm³/mol. The lowest BCUT2D eigenvalue weighted by Gasteiger charge is -2.34. The molecule has 1 aliphatic rings. The zero-order valence-electron chi connectivity index (χ0n) is 14.9. The van der Waals surface area contributed by atoms with Gasteiger partial charge in [0, 0.05) is 25.3 Å². The number of halogens is 3. The molecule has 0 spiro atoms. The number of carbonyl (C=O) groups excluding carboxylic acids is 1. The van der Waals surface area contributed by atoms with E-state index in [0.717, 1.165) is 18.4 Å². The molecule has 2 heterocycles.